The minimum Gasteiger partial charge on any atom is -0.344 e. The molecule has 1 aromatic carbocycles. The number of rotatable bonds is 2. The number of nitrogens with two attached hydrogens (primary N) is 1. The summed E-state index contributed by atoms with van der Waals surface area (Å²) in [4.78, 5) is 0. The first-order valence-corrected chi connectivity index (χ1v) is 5.51. The van der Waals surface area contributed by atoms with Crippen LogP contribution in [-0.4, -0.2) is 19.8 Å². The summed E-state index contributed by atoms with van der Waals surface area (Å²) in [6.45, 7) is 2.71. The highest BCUT2D eigenvalue weighted by Crippen LogP contribution is 2.33. The Hall–Kier alpha value is -1.04. The topological polar surface area (TPSA) is 44.5 Å². The molecule has 0 radical (unpaired) electrons. The molecule has 0 spiro atoms. The van der Waals surface area contributed by atoms with E-state index in [1.54, 1.807) is 0 Å². The maximum atomic E-state index is 13.7. The maximum absolute atomic E-state index is 13.7. The summed E-state index contributed by atoms with van der Waals surface area (Å²) in [5.41, 5.74) is 5.62. The van der Waals surface area contributed by atoms with Crippen LogP contribution in [0.1, 0.15) is 12.5 Å². The van der Waals surface area contributed by atoms with Crippen LogP contribution in [0.2, 0.25) is 0 Å². The zero-order valence-electron chi connectivity index (χ0n) is 9.58. The quantitative estimate of drug-likeness (QED) is 0.860. The Bertz CT molecular complexity index is 403. The van der Waals surface area contributed by atoms with E-state index < -0.39 is 17.4 Å². The largest absolute Gasteiger partial charge is 0.344 e. The predicted octanol–water partition coefficient (Wildman–Crippen LogP) is 1.76. The molecule has 1 heterocycles. The van der Waals surface area contributed by atoms with Gasteiger partial charge in [-0.1, -0.05) is 19.1 Å². The third-order valence-electron chi connectivity index (χ3n) is 2.83. The normalized spacial score (nSPS) is 29.3. The summed E-state index contributed by atoms with van der Waals surface area (Å²) in [6, 6.07) is 3.89. The minimum absolute atomic E-state index is 0.0203. The molecular weight excluding hydrogens is 228 g/mol. The second kappa shape index (κ2) is 4.68. The minimum atomic E-state index is -1.36. The van der Waals surface area contributed by atoms with E-state index in [-0.39, 0.29) is 18.0 Å². The molecule has 1 aromatic rings. The summed E-state index contributed by atoms with van der Waals surface area (Å²) in [6.07, 6.45) is 0. The Kier molecular flexibility index (Phi) is 3.42. The second-order valence-electron chi connectivity index (χ2n) is 4.29. The molecule has 94 valence electrons. The second-order valence-corrected chi connectivity index (χ2v) is 4.29. The van der Waals surface area contributed by atoms with Crippen LogP contribution in [0.5, 0.6) is 0 Å². The van der Waals surface area contributed by atoms with E-state index in [1.165, 1.54) is 12.1 Å². The first-order chi connectivity index (χ1) is 8.09. The Morgan fingerprint density at radius 1 is 1.35 bits per heavy atom. The van der Waals surface area contributed by atoms with Gasteiger partial charge in [-0.25, -0.2) is 8.78 Å². The molecule has 0 unspecified atom stereocenters. The fourth-order valence-electron chi connectivity index (χ4n) is 1.82. The van der Waals surface area contributed by atoms with Gasteiger partial charge >= 0.3 is 0 Å². The number of hydrogen-bond donors (Lipinski definition) is 1. The van der Waals surface area contributed by atoms with E-state index in [0.717, 1.165) is 6.07 Å². The molecule has 1 aliphatic heterocycles. The van der Waals surface area contributed by atoms with Crippen LogP contribution < -0.4 is 5.73 Å². The molecule has 0 bridgehead atoms. The third-order valence-corrected chi connectivity index (χ3v) is 2.83. The van der Waals surface area contributed by atoms with Gasteiger partial charge in [-0.2, -0.15) is 0 Å². The van der Waals surface area contributed by atoms with Crippen molar-refractivity contribution in [2.45, 2.75) is 12.7 Å². The lowest BCUT2D eigenvalue weighted by Crippen LogP contribution is -2.47. The summed E-state index contributed by atoms with van der Waals surface area (Å²) < 4.78 is 37.9. The molecule has 1 saturated heterocycles. The van der Waals surface area contributed by atoms with Crippen LogP contribution in [-0.2, 0) is 15.3 Å². The number of ether oxygens (including phenoxy) is 2. The van der Waals surface area contributed by atoms with Crippen molar-refractivity contribution in [3.05, 3.63) is 35.4 Å². The molecule has 0 saturated carbocycles. The monoisotopic (exact) mass is 243 g/mol. The zero-order chi connectivity index (χ0) is 12.5. The van der Waals surface area contributed by atoms with E-state index in [4.69, 9.17) is 15.2 Å². The van der Waals surface area contributed by atoms with Gasteiger partial charge in [0.2, 0.25) is 5.79 Å². The van der Waals surface area contributed by atoms with Gasteiger partial charge in [0, 0.05) is 5.92 Å². The van der Waals surface area contributed by atoms with Gasteiger partial charge in [0.05, 0.1) is 25.3 Å². The van der Waals surface area contributed by atoms with Crippen molar-refractivity contribution in [3.8, 4) is 0 Å². The molecule has 0 atom stereocenters. The van der Waals surface area contributed by atoms with Crippen molar-refractivity contribution in [1.82, 2.24) is 0 Å². The van der Waals surface area contributed by atoms with Gasteiger partial charge in [0.15, 0.2) is 11.6 Å². The molecule has 0 aromatic heterocycles. The first kappa shape index (κ1) is 12.4. The zero-order valence-corrected chi connectivity index (χ0v) is 9.58. The van der Waals surface area contributed by atoms with E-state index in [2.05, 4.69) is 0 Å². The summed E-state index contributed by atoms with van der Waals surface area (Å²) in [5.74, 6) is -3.04. The van der Waals surface area contributed by atoms with Crippen molar-refractivity contribution >= 4 is 0 Å². The van der Waals surface area contributed by atoms with Crippen LogP contribution in [0.15, 0.2) is 18.2 Å². The van der Waals surface area contributed by atoms with Gasteiger partial charge in [0.25, 0.3) is 0 Å². The molecule has 0 aliphatic carbocycles. The lowest BCUT2D eigenvalue weighted by atomic mass is 10.0. The summed E-state index contributed by atoms with van der Waals surface area (Å²) in [5, 5.41) is 0. The average Bonchev–Trinajstić information content (AvgIpc) is 2.35. The van der Waals surface area contributed by atoms with Crippen LogP contribution in [0.4, 0.5) is 8.78 Å². The summed E-state index contributed by atoms with van der Waals surface area (Å²) in [7, 11) is 0. The highest BCUT2D eigenvalue weighted by molar-refractivity contribution is 5.24. The standard InChI is InChI=1S/C12H15F2NO2/c1-8-5-16-12(7-15,17-6-8)9-3-2-4-10(13)11(9)14/h2-4,8H,5-7,15H2,1H3. The third kappa shape index (κ3) is 2.18. The molecule has 5 heteroatoms. The first-order valence-electron chi connectivity index (χ1n) is 5.51. The SMILES string of the molecule is CC1COC(CN)(c2cccc(F)c2F)OC1. The van der Waals surface area contributed by atoms with Crippen LogP contribution in [0.25, 0.3) is 0 Å². The Morgan fingerprint density at radius 3 is 2.59 bits per heavy atom. The average molecular weight is 243 g/mol. The highest BCUT2D eigenvalue weighted by Gasteiger charge is 2.40. The van der Waals surface area contributed by atoms with Gasteiger partial charge < -0.3 is 15.2 Å². The van der Waals surface area contributed by atoms with Crippen LogP contribution >= 0.6 is 0 Å². The van der Waals surface area contributed by atoms with Gasteiger partial charge in [-0.05, 0) is 6.07 Å². The molecule has 17 heavy (non-hydrogen) atoms. The van der Waals surface area contributed by atoms with E-state index in [0.29, 0.717) is 13.2 Å². The lowest BCUT2D eigenvalue weighted by molar-refractivity contribution is -0.285. The summed E-state index contributed by atoms with van der Waals surface area (Å²) >= 11 is 0. The molecule has 2 N–H and O–H groups in total. The predicted molar refractivity (Wildman–Crippen MR) is 58.2 cm³/mol. The maximum Gasteiger partial charge on any atom is 0.210 e. The molecular formula is C12H15F2NO2. The Balaban J connectivity index is 2.38. The highest BCUT2D eigenvalue weighted by atomic mass is 19.2. The van der Waals surface area contributed by atoms with E-state index in [9.17, 15) is 8.78 Å². The van der Waals surface area contributed by atoms with Crippen molar-refractivity contribution in [3.63, 3.8) is 0 Å². The molecule has 1 fully saturated rings. The van der Waals surface area contributed by atoms with Gasteiger partial charge in [-0.15, -0.1) is 0 Å². The van der Waals surface area contributed by atoms with E-state index in [1.807, 2.05) is 6.92 Å². The van der Waals surface area contributed by atoms with Gasteiger partial charge in [-0.3, -0.25) is 0 Å². The van der Waals surface area contributed by atoms with Gasteiger partial charge in [0.1, 0.15) is 0 Å². The molecule has 3 nitrogen and oxygen atoms in total. The lowest BCUT2D eigenvalue weighted by Gasteiger charge is -2.38. The van der Waals surface area contributed by atoms with Crippen LogP contribution in [0, 0.1) is 17.6 Å². The van der Waals surface area contributed by atoms with E-state index >= 15 is 0 Å². The van der Waals surface area contributed by atoms with Crippen molar-refractivity contribution in [2.75, 3.05) is 19.8 Å². The Labute approximate surface area is 98.5 Å². The molecule has 0 amide bonds. The van der Waals surface area contributed by atoms with Crippen molar-refractivity contribution in [1.29, 1.82) is 0 Å². The number of hydrogen-bond acceptors (Lipinski definition) is 3. The fraction of sp³-hybridized carbons (Fsp3) is 0.500. The van der Waals surface area contributed by atoms with Crippen molar-refractivity contribution in [2.24, 2.45) is 11.7 Å². The smallest absolute Gasteiger partial charge is 0.210 e. The molecule has 1 aliphatic rings. The van der Waals surface area contributed by atoms with Crippen molar-refractivity contribution < 1.29 is 18.3 Å². The fourth-order valence-corrected chi connectivity index (χ4v) is 1.82. The van der Waals surface area contributed by atoms with Crippen LogP contribution in [0.3, 0.4) is 0 Å². The number of benzene rings is 1. The molecule has 2 rings (SSSR count). The number of halogens is 2. The Morgan fingerprint density at radius 2 is 2.00 bits per heavy atom.